The Labute approximate surface area is 243 Å². The summed E-state index contributed by atoms with van der Waals surface area (Å²) in [4.78, 5) is 2.30. The molecule has 0 saturated carbocycles. The van der Waals surface area contributed by atoms with Crippen LogP contribution < -0.4 is 9.64 Å². The van der Waals surface area contributed by atoms with E-state index < -0.39 is 0 Å². The number of benzene rings is 6. The highest BCUT2D eigenvalue weighted by Crippen LogP contribution is 2.50. The van der Waals surface area contributed by atoms with Crippen LogP contribution in [0.15, 0.2) is 115 Å². The van der Waals surface area contributed by atoms with Gasteiger partial charge in [-0.2, -0.15) is 10.5 Å². The molecule has 0 unspecified atom stereocenters. The third-order valence-electron chi connectivity index (χ3n) is 8.33. The van der Waals surface area contributed by atoms with Crippen molar-refractivity contribution in [1.29, 1.82) is 10.5 Å². The van der Waals surface area contributed by atoms with Gasteiger partial charge < -0.3 is 9.64 Å². The van der Waals surface area contributed by atoms with Crippen LogP contribution in [0.1, 0.15) is 33.4 Å². The molecule has 0 amide bonds. The van der Waals surface area contributed by atoms with Crippen molar-refractivity contribution < 1.29 is 4.74 Å². The van der Waals surface area contributed by atoms with Crippen molar-refractivity contribution >= 4 is 27.8 Å². The lowest BCUT2D eigenvalue weighted by Gasteiger charge is -2.33. The molecule has 196 valence electrons. The number of rotatable bonds is 2. The Morgan fingerprint density at radius 2 is 1.14 bits per heavy atom. The standard InChI is InChI=1S/C38H23N3O/c39-22-24-13-25(23-40)15-29(14-24)26-9-10-27-17-32-20-33-21-34(12-11-28(33)18-31(32)19-30(27)16-26)41-35-5-1-3-7-37(35)42-38-8-4-2-6-36(38)41/h1-17,19,21H,18,20H2. The summed E-state index contributed by atoms with van der Waals surface area (Å²) in [7, 11) is 0. The van der Waals surface area contributed by atoms with Crippen LogP contribution in [0.4, 0.5) is 17.1 Å². The second-order valence-corrected chi connectivity index (χ2v) is 10.9. The van der Waals surface area contributed by atoms with Gasteiger partial charge in [-0.25, -0.2) is 0 Å². The lowest BCUT2D eigenvalue weighted by atomic mass is 9.84. The van der Waals surface area contributed by atoms with Crippen molar-refractivity contribution in [2.45, 2.75) is 12.8 Å². The smallest absolute Gasteiger partial charge is 0.151 e. The van der Waals surface area contributed by atoms with E-state index in [1.54, 1.807) is 6.07 Å². The molecule has 0 saturated heterocycles. The predicted molar refractivity (Wildman–Crippen MR) is 166 cm³/mol. The zero-order chi connectivity index (χ0) is 28.2. The molecule has 0 radical (unpaired) electrons. The van der Waals surface area contributed by atoms with Gasteiger partial charge in [-0.15, -0.1) is 0 Å². The van der Waals surface area contributed by atoms with Crippen LogP contribution in [0.3, 0.4) is 0 Å². The van der Waals surface area contributed by atoms with E-state index >= 15 is 0 Å². The number of hydrogen-bond donors (Lipinski definition) is 0. The zero-order valence-corrected chi connectivity index (χ0v) is 22.6. The fourth-order valence-corrected chi connectivity index (χ4v) is 6.31. The van der Waals surface area contributed by atoms with Crippen molar-refractivity contribution in [1.82, 2.24) is 0 Å². The molecule has 1 aliphatic carbocycles. The minimum atomic E-state index is 0.495. The lowest BCUT2D eigenvalue weighted by molar-refractivity contribution is 0.477. The molecule has 0 atom stereocenters. The highest BCUT2D eigenvalue weighted by molar-refractivity contribution is 5.90. The van der Waals surface area contributed by atoms with Crippen molar-refractivity contribution in [3.8, 4) is 34.8 Å². The highest BCUT2D eigenvalue weighted by Gasteiger charge is 2.26. The first-order chi connectivity index (χ1) is 20.7. The Hall–Kier alpha value is -5.84. The van der Waals surface area contributed by atoms with Crippen molar-refractivity contribution in [3.05, 3.63) is 149 Å². The minimum Gasteiger partial charge on any atom is -0.453 e. The Bertz CT molecular complexity index is 2090. The molecule has 2 aliphatic rings. The van der Waals surface area contributed by atoms with Gasteiger partial charge in [-0.3, -0.25) is 0 Å². The van der Waals surface area contributed by atoms with Gasteiger partial charge in [-0.05, 0) is 118 Å². The third-order valence-corrected chi connectivity index (χ3v) is 8.33. The summed E-state index contributed by atoms with van der Waals surface area (Å²) in [6.07, 6.45) is 1.75. The molecule has 1 heterocycles. The first-order valence-electron chi connectivity index (χ1n) is 14.0. The number of nitriles is 2. The van der Waals surface area contributed by atoms with Crippen LogP contribution in [0.2, 0.25) is 0 Å². The molecule has 0 spiro atoms. The van der Waals surface area contributed by atoms with E-state index in [0.29, 0.717) is 11.1 Å². The molecule has 0 fully saturated rings. The normalized spacial score (nSPS) is 12.7. The third kappa shape index (κ3) is 3.90. The maximum atomic E-state index is 9.42. The van der Waals surface area contributed by atoms with Crippen LogP contribution in [0.25, 0.3) is 21.9 Å². The van der Waals surface area contributed by atoms with E-state index in [9.17, 15) is 10.5 Å². The Morgan fingerprint density at radius 1 is 0.524 bits per heavy atom. The first kappa shape index (κ1) is 24.0. The number of nitrogens with zero attached hydrogens (tertiary/aromatic N) is 3. The number of fused-ring (bicyclic) bond motifs is 5. The Morgan fingerprint density at radius 3 is 1.83 bits per heavy atom. The number of ether oxygens (including phenoxy) is 1. The van der Waals surface area contributed by atoms with Gasteiger partial charge in [0.15, 0.2) is 11.5 Å². The molecule has 0 aromatic heterocycles. The topological polar surface area (TPSA) is 60.0 Å². The first-order valence-corrected chi connectivity index (χ1v) is 14.0. The SMILES string of the molecule is N#Cc1cc(C#N)cc(-c2ccc3cc4c(cc3c2)Cc2ccc(N3c5ccccc5Oc5ccccc53)cc2C4)c1. The zero-order valence-electron chi connectivity index (χ0n) is 22.6. The number of hydrogen-bond acceptors (Lipinski definition) is 4. The van der Waals surface area contributed by atoms with E-state index in [4.69, 9.17) is 4.74 Å². The average Bonchev–Trinajstić information content (AvgIpc) is 3.04. The van der Waals surface area contributed by atoms with Crippen LogP contribution in [-0.2, 0) is 12.8 Å². The van der Waals surface area contributed by atoms with E-state index in [-0.39, 0.29) is 0 Å². The van der Waals surface area contributed by atoms with Gasteiger partial charge in [0.25, 0.3) is 0 Å². The van der Waals surface area contributed by atoms with Gasteiger partial charge in [-0.1, -0.05) is 54.6 Å². The van der Waals surface area contributed by atoms with Crippen LogP contribution in [-0.4, -0.2) is 0 Å². The quantitative estimate of drug-likeness (QED) is 0.220. The van der Waals surface area contributed by atoms with E-state index in [1.807, 2.05) is 36.4 Å². The molecule has 8 rings (SSSR count). The largest absolute Gasteiger partial charge is 0.453 e. The van der Waals surface area contributed by atoms with Crippen molar-refractivity contribution in [2.75, 3.05) is 4.90 Å². The summed E-state index contributed by atoms with van der Waals surface area (Å²) < 4.78 is 6.22. The second kappa shape index (κ2) is 9.37. The molecule has 1 aliphatic heterocycles. The summed E-state index contributed by atoms with van der Waals surface area (Å²) in [6, 6.07) is 43.9. The average molecular weight is 538 g/mol. The molecule has 4 heteroatoms. The summed E-state index contributed by atoms with van der Waals surface area (Å²) >= 11 is 0. The van der Waals surface area contributed by atoms with Gasteiger partial charge in [0.2, 0.25) is 0 Å². The van der Waals surface area contributed by atoms with Crippen LogP contribution in [0.5, 0.6) is 11.5 Å². The molecule has 0 bridgehead atoms. The maximum Gasteiger partial charge on any atom is 0.151 e. The molecule has 6 aromatic carbocycles. The van der Waals surface area contributed by atoms with E-state index in [2.05, 4.69) is 89.8 Å². The molecular weight excluding hydrogens is 514 g/mol. The molecule has 6 aromatic rings. The summed E-state index contributed by atoms with van der Waals surface area (Å²) in [6.45, 7) is 0. The second-order valence-electron chi connectivity index (χ2n) is 10.9. The number of para-hydroxylation sites is 4. The van der Waals surface area contributed by atoms with E-state index in [1.165, 1.54) is 27.6 Å². The van der Waals surface area contributed by atoms with Gasteiger partial charge in [0.05, 0.1) is 34.6 Å². The monoisotopic (exact) mass is 537 g/mol. The van der Waals surface area contributed by atoms with Gasteiger partial charge >= 0.3 is 0 Å². The van der Waals surface area contributed by atoms with Crippen LogP contribution in [0, 0.1) is 22.7 Å². The fraction of sp³-hybridized carbons (Fsp3) is 0.0526. The van der Waals surface area contributed by atoms with Crippen molar-refractivity contribution in [2.24, 2.45) is 0 Å². The summed E-state index contributed by atoms with van der Waals surface area (Å²) in [5.41, 5.74) is 11.5. The fourth-order valence-electron chi connectivity index (χ4n) is 6.31. The van der Waals surface area contributed by atoms with Gasteiger partial charge in [0, 0.05) is 5.69 Å². The van der Waals surface area contributed by atoms with E-state index in [0.717, 1.165) is 57.9 Å². The van der Waals surface area contributed by atoms with Gasteiger partial charge in [0.1, 0.15) is 0 Å². The Balaban J connectivity index is 1.17. The van der Waals surface area contributed by atoms with Crippen LogP contribution >= 0.6 is 0 Å². The number of anilines is 3. The highest BCUT2D eigenvalue weighted by atomic mass is 16.5. The van der Waals surface area contributed by atoms with Crippen molar-refractivity contribution in [3.63, 3.8) is 0 Å². The summed E-state index contributed by atoms with van der Waals surface area (Å²) in [5.74, 6) is 1.71. The lowest BCUT2D eigenvalue weighted by Crippen LogP contribution is -2.16. The minimum absolute atomic E-state index is 0.495. The molecular formula is C38H23N3O. The molecule has 42 heavy (non-hydrogen) atoms. The maximum absolute atomic E-state index is 9.42. The Kier molecular flexibility index (Phi) is 5.36. The summed E-state index contributed by atoms with van der Waals surface area (Å²) in [5, 5.41) is 21.2. The molecule has 0 N–H and O–H groups in total. The predicted octanol–water partition coefficient (Wildman–Crippen LogP) is 9.32. The molecule has 4 nitrogen and oxygen atoms in total.